The van der Waals surface area contributed by atoms with Crippen LogP contribution in [0.3, 0.4) is 0 Å². The van der Waals surface area contributed by atoms with E-state index < -0.39 is 6.10 Å². The van der Waals surface area contributed by atoms with Gasteiger partial charge in [-0.2, -0.15) is 0 Å². The molecule has 0 bridgehead atoms. The summed E-state index contributed by atoms with van der Waals surface area (Å²) in [6, 6.07) is 3.46. The van der Waals surface area contributed by atoms with E-state index in [-0.39, 0.29) is 0 Å². The van der Waals surface area contributed by atoms with Gasteiger partial charge in [0.1, 0.15) is 11.9 Å². The van der Waals surface area contributed by atoms with Gasteiger partial charge in [0.05, 0.1) is 16.8 Å². The molecule has 2 rings (SSSR count). The summed E-state index contributed by atoms with van der Waals surface area (Å²) < 4.78 is 8.82. The second kappa shape index (κ2) is 3.27. The Bertz CT molecular complexity index is 383. The Balaban J connectivity index is 2.33. The molecule has 0 amide bonds. The third kappa shape index (κ3) is 1.48. The van der Waals surface area contributed by atoms with E-state index in [4.69, 9.17) is 4.42 Å². The fraction of sp³-hybridized carbons (Fsp3) is 0.250. The lowest BCUT2D eigenvalue weighted by molar-refractivity contribution is 0.192. The summed E-state index contributed by atoms with van der Waals surface area (Å²) in [5.41, 5.74) is 0.744. The summed E-state index contributed by atoms with van der Waals surface area (Å²) in [6.45, 7) is 1.81. The summed E-state index contributed by atoms with van der Waals surface area (Å²) >= 11 is 1.18. The topological polar surface area (TPSA) is 59.2 Å². The van der Waals surface area contributed by atoms with Crippen molar-refractivity contribution in [3.63, 3.8) is 0 Å². The minimum absolute atomic E-state index is 0.522. The van der Waals surface area contributed by atoms with E-state index in [0.29, 0.717) is 5.76 Å². The monoisotopic (exact) mass is 196 g/mol. The van der Waals surface area contributed by atoms with Crippen LogP contribution in [-0.2, 0) is 0 Å². The molecule has 0 spiro atoms. The number of furan rings is 1. The molecular formula is C8H8N2O2S. The van der Waals surface area contributed by atoms with Gasteiger partial charge >= 0.3 is 0 Å². The average molecular weight is 196 g/mol. The molecule has 2 heterocycles. The zero-order valence-corrected chi connectivity index (χ0v) is 7.78. The highest BCUT2D eigenvalue weighted by atomic mass is 32.1. The van der Waals surface area contributed by atoms with Gasteiger partial charge in [-0.1, -0.05) is 4.49 Å². The van der Waals surface area contributed by atoms with Crippen molar-refractivity contribution >= 4 is 11.5 Å². The Labute approximate surface area is 79.0 Å². The van der Waals surface area contributed by atoms with Crippen LogP contribution in [-0.4, -0.2) is 14.7 Å². The van der Waals surface area contributed by atoms with Crippen molar-refractivity contribution in [3.05, 3.63) is 34.7 Å². The van der Waals surface area contributed by atoms with Crippen LogP contribution >= 0.6 is 11.5 Å². The van der Waals surface area contributed by atoms with Crippen LogP contribution in [0.5, 0.6) is 0 Å². The van der Waals surface area contributed by atoms with Gasteiger partial charge in [0.15, 0.2) is 0 Å². The molecule has 5 heteroatoms. The van der Waals surface area contributed by atoms with Gasteiger partial charge in [-0.3, -0.25) is 0 Å². The predicted octanol–water partition coefficient (Wildman–Crippen LogP) is 1.52. The van der Waals surface area contributed by atoms with Crippen molar-refractivity contribution in [2.75, 3.05) is 0 Å². The molecule has 0 aliphatic rings. The zero-order chi connectivity index (χ0) is 9.26. The summed E-state index contributed by atoms with van der Waals surface area (Å²) in [7, 11) is 0. The third-order valence-electron chi connectivity index (χ3n) is 1.75. The van der Waals surface area contributed by atoms with Gasteiger partial charge < -0.3 is 9.52 Å². The number of aromatic nitrogens is 2. The first-order valence-electron chi connectivity index (χ1n) is 3.79. The summed E-state index contributed by atoms with van der Waals surface area (Å²) in [6.07, 6.45) is 0.789. The normalized spacial score (nSPS) is 13.1. The molecule has 0 saturated carbocycles. The number of hydrogen-bond acceptors (Lipinski definition) is 5. The Kier molecular flexibility index (Phi) is 2.12. The maximum absolute atomic E-state index is 9.79. The molecule has 13 heavy (non-hydrogen) atoms. The van der Waals surface area contributed by atoms with Crippen LogP contribution in [0.1, 0.15) is 22.4 Å². The lowest BCUT2D eigenvalue weighted by Gasteiger charge is -2.03. The Morgan fingerprint density at radius 1 is 1.62 bits per heavy atom. The smallest absolute Gasteiger partial charge is 0.149 e. The van der Waals surface area contributed by atoms with E-state index in [1.165, 1.54) is 17.8 Å². The molecule has 0 saturated heterocycles. The minimum Gasteiger partial charge on any atom is -0.466 e. The molecule has 0 fully saturated rings. The summed E-state index contributed by atoms with van der Waals surface area (Å²) in [5.74, 6) is 0.522. The highest BCUT2D eigenvalue weighted by Crippen LogP contribution is 2.26. The molecule has 1 unspecified atom stereocenters. The van der Waals surface area contributed by atoms with E-state index >= 15 is 0 Å². The Hall–Kier alpha value is -1.20. The molecule has 1 N–H and O–H groups in total. The van der Waals surface area contributed by atoms with E-state index in [1.54, 1.807) is 12.1 Å². The van der Waals surface area contributed by atoms with Crippen molar-refractivity contribution in [2.45, 2.75) is 13.0 Å². The fourth-order valence-electron chi connectivity index (χ4n) is 1.06. The number of hydrogen-bond donors (Lipinski definition) is 1. The van der Waals surface area contributed by atoms with Gasteiger partial charge in [0, 0.05) is 0 Å². The van der Waals surface area contributed by atoms with Gasteiger partial charge in [-0.25, -0.2) is 0 Å². The molecule has 2 aromatic rings. The number of aryl methyl sites for hydroxylation is 1. The van der Waals surface area contributed by atoms with Crippen LogP contribution in [0.2, 0.25) is 0 Å². The maximum atomic E-state index is 9.79. The Morgan fingerprint density at radius 2 is 2.46 bits per heavy atom. The molecule has 0 aliphatic heterocycles. The van der Waals surface area contributed by atoms with Crippen LogP contribution in [0.25, 0.3) is 0 Å². The van der Waals surface area contributed by atoms with Gasteiger partial charge in [0.25, 0.3) is 0 Å². The fourth-order valence-corrected chi connectivity index (χ4v) is 1.71. The largest absolute Gasteiger partial charge is 0.466 e. The first-order valence-corrected chi connectivity index (χ1v) is 4.56. The molecule has 4 nitrogen and oxygen atoms in total. The average Bonchev–Trinajstić information content (AvgIpc) is 2.72. The molecule has 0 radical (unpaired) electrons. The van der Waals surface area contributed by atoms with Gasteiger partial charge in [-0.15, -0.1) is 5.10 Å². The summed E-state index contributed by atoms with van der Waals surface area (Å²) in [5, 5.41) is 13.6. The molecule has 0 aromatic carbocycles. The molecular weight excluding hydrogens is 188 g/mol. The molecule has 68 valence electrons. The first-order chi connectivity index (χ1) is 6.29. The number of rotatable bonds is 2. The van der Waals surface area contributed by atoms with Crippen molar-refractivity contribution < 1.29 is 9.52 Å². The molecule has 1 atom stereocenters. The maximum Gasteiger partial charge on any atom is 0.149 e. The van der Waals surface area contributed by atoms with Crippen LogP contribution in [0, 0.1) is 6.92 Å². The van der Waals surface area contributed by atoms with Crippen molar-refractivity contribution in [2.24, 2.45) is 0 Å². The molecule has 0 aliphatic carbocycles. The predicted molar refractivity (Wildman–Crippen MR) is 47.4 cm³/mol. The van der Waals surface area contributed by atoms with Gasteiger partial charge in [0.2, 0.25) is 0 Å². The number of aliphatic hydroxyl groups is 1. The van der Waals surface area contributed by atoms with Crippen LogP contribution in [0.4, 0.5) is 0 Å². The lowest BCUT2D eigenvalue weighted by atomic mass is 10.2. The van der Waals surface area contributed by atoms with Gasteiger partial charge in [-0.05, 0) is 30.6 Å². The number of nitrogens with zero attached hydrogens (tertiary/aromatic N) is 2. The van der Waals surface area contributed by atoms with Crippen molar-refractivity contribution in [1.82, 2.24) is 9.59 Å². The standard InChI is InChI=1S/C8H8N2O2S/c1-5-8(13-10-9-5)7(11)6-3-2-4-12-6/h2-4,7,11H,1H3. The highest BCUT2D eigenvalue weighted by Gasteiger charge is 2.18. The van der Waals surface area contributed by atoms with E-state index in [1.807, 2.05) is 6.92 Å². The highest BCUT2D eigenvalue weighted by molar-refractivity contribution is 7.05. The SMILES string of the molecule is Cc1nnsc1C(O)c1ccco1. The summed E-state index contributed by atoms with van der Waals surface area (Å²) in [4.78, 5) is 0.731. The quantitative estimate of drug-likeness (QED) is 0.791. The number of aliphatic hydroxyl groups excluding tert-OH is 1. The lowest BCUT2D eigenvalue weighted by Crippen LogP contribution is -1.96. The second-order valence-corrected chi connectivity index (χ2v) is 3.43. The van der Waals surface area contributed by atoms with Crippen LogP contribution < -0.4 is 0 Å². The first kappa shape index (κ1) is 8.40. The van der Waals surface area contributed by atoms with E-state index in [2.05, 4.69) is 9.59 Å². The Morgan fingerprint density at radius 3 is 3.00 bits per heavy atom. The van der Waals surface area contributed by atoms with Crippen molar-refractivity contribution in [3.8, 4) is 0 Å². The zero-order valence-electron chi connectivity index (χ0n) is 6.97. The van der Waals surface area contributed by atoms with E-state index in [9.17, 15) is 5.11 Å². The van der Waals surface area contributed by atoms with E-state index in [0.717, 1.165) is 10.6 Å². The second-order valence-electron chi connectivity index (χ2n) is 2.64. The third-order valence-corrected chi connectivity index (χ3v) is 2.63. The minimum atomic E-state index is -0.741. The van der Waals surface area contributed by atoms with Crippen molar-refractivity contribution in [1.29, 1.82) is 0 Å². The van der Waals surface area contributed by atoms with Crippen LogP contribution in [0.15, 0.2) is 22.8 Å². The molecule has 2 aromatic heterocycles.